The van der Waals surface area contributed by atoms with Gasteiger partial charge in [-0.15, -0.1) is 0 Å². The fourth-order valence-corrected chi connectivity index (χ4v) is 3.58. The van der Waals surface area contributed by atoms with Crippen LogP contribution in [0.4, 0.5) is 0 Å². The molecule has 2 aliphatic rings. The highest BCUT2D eigenvalue weighted by Gasteiger charge is 2.28. The molecule has 2 fully saturated rings. The third-order valence-corrected chi connectivity index (χ3v) is 4.97. The Labute approximate surface area is 124 Å². The minimum absolute atomic E-state index is 0.325. The molecule has 0 spiro atoms. The van der Waals surface area contributed by atoms with Gasteiger partial charge >= 0.3 is 0 Å². The maximum Gasteiger partial charge on any atom is 0.0655 e. The lowest BCUT2D eigenvalue weighted by atomic mass is 9.85. The van der Waals surface area contributed by atoms with Crippen molar-refractivity contribution < 1.29 is 4.74 Å². The van der Waals surface area contributed by atoms with E-state index in [4.69, 9.17) is 10.00 Å². The van der Waals surface area contributed by atoms with E-state index in [1.54, 1.807) is 0 Å². The van der Waals surface area contributed by atoms with Crippen LogP contribution >= 0.6 is 0 Å². The maximum absolute atomic E-state index is 8.96. The summed E-state index contributed by atoms with van der Waals surface area (Å²) in [5.74, 6) is 0.325. The zero-order valence-electron chi connectivity index (χ0n) is 13.0. The van der Waals surface area contributed by atoms with E-state index in [1.807, 2.05) is 0 Å². The highest BCUT2D eigenvalue weighted by atomic mass is 16.5. The number of ether oxygens (including phenoxy) is 1. The Morgan fingerprint density at radius 1 is 1.05 bits per heavy atom. The first-order valence-electron chi connectivity index (χ1n) is 8.58. The van der Waals surface area contributed by atoms with Crippen molar-refractivity contribution in [2.24, 2.45) is 5.92 Å². The second-order valence-corrected chi connectivity index (χ2v) is 6.45. The van der Waals surface area contributed by atoms with E-state index >= 15 is 0 Å². The summed E-state index contributed by atoms with van der Waals surface area (Å²) in [6, 6.07) is 3.17. The number of nitriles is 1. The van der Waals surface area contributed by atoms with Crippen LogP contribution in [0.5, 0.6) is 0 Å². The molecular formula is C17H30N2O. The summed E-state index contributed by atoms with van der Waals surface area (Å²) in [4.78, 5) is 2.65. The van der Waals surface area contributed by atoms with E-state index in [9.17, 15) is 0 Å². The average molecular weight is 278 g/mol. The summed E-state index contributed by atoms with van der Waals surface area (Å²) >= 11 is 0. The Morgan fingerprint density at radius 2 is 1.75 bits per heavy atom. The van der Waals surface area contributed by atoms with Crippen LogP contribution in [0.15, 0.2) is 0 Å². The zero-order valence-corrected chi connectivity index (χ0v) is 13.0. The van der Waals surface area contributed by atoms with Crippen molar-refractivity contribution in [3.63, 3.8) is 0 Å². The second-order valence-electron chi connectivity index (χ2n) is 6.45. The maximum atomic E-state index is 8.96. The van der Waals surface area contributed by atoms with Gasteiger partial charge in [0.2, 0.25) is 0 Å². The van der Waals surface area contributed by atoms with Crippen molar-refractivity contribution in [3.8, 4) is 6.07 Å². The average Bonchev–Trinajstić information content (AvgIpc) is 2.52. The first-order chi connectivity index (χ1) is 9.83. The lowest BCUT2D eigenvalue weighted by Gasteiger charge is -2.39. The van der Waals surface area contributed by atoms with Gasteiger partial charge in [0.15, 0.2) is 0 Å². The lowest BCUT2D eigenvalue weighted by Crippen LogP contribution is -2.44. The quantitative estimate of drug-likeness (QED) is 0.694. The normalized spacial score (nSPS) is 29.2. The number of piperidine rings is 1. The van der Waals surface area contributed by atoms with E-state index in [1.165, 1.54) is 58.0 Å². The van der Waals surface area contributed by atoms with E-state index in [-0.39, 0.29) is 0 Å². The molecular weight excluding hydrogens is 248 g/mol. The van der Waals surface area contributed by atoms with Crippen LogP contribution in [0.3, 0.4) is 0 Å². The van der Waals surface area contributed by atoms with Crippen molar-refractivity contribution in [2.75, 3.05) is 19.7 Å². The molecule has 0 aromatic carbocycles. The van der Waals surface area contributed by atoms with E-state index in [0.717, 1.165) is 25.5 Å². The van der Waals surface area contributed by atoms with E-state index in [0.29, 0.717) is 12.0 Å². The molecule has 3 heteroatoms. The molecule has 1 aliphatic heterocycles. The summed E-state index contributed by atoms with van der Waals surface area (Å²) in [5.41, 5.74) is 0. The molecule has 20 heavy (non-hydrogen) atoms. The van der Waals surface area contributed by atoms with E-state index in [2.05, 4.69) is 17.9 Å². The smallest absolute Gasteiger partial charge is 0.0655 e. The summed E-state index contributed by atoms with van der Waals surface area (Å²) in [7, 11) is 0. The molecule has 1 saturated heterocycles. The van der Waals surface area contributed by atoms with Crippen molar-refractivity contribution in [3.05, 3.63) is 0 Å². The van der Waals surface area contributed by atoms with Crippen LogP contribution < -0.4 is 0 Å². The summed E-state index contributed by atoms with van der Waals surface area (Å²) in [6.45, 7) is 5.58. The largest absolute Gasteiger partial charge is 0.378 e. The minimum atomic E-state index is 0.325. The van der Waals surface area contributed by atoms with Gasteiger partial charge in [-0.1, -0.05) is 19.8 Å². The first-order valence-corrected chi connectivity index (χ1v) is 8.58. The van der Waals surface area contributed by atoms with Gasteiger partial charge in [-0.05, 0) is 44.9 Å². The predicted molar refractivity (Wildman–Crippen MR) is 81.4 cm³/mol. The van der Waals surface area contributed by atoms with Gasteiger partial charge in [0.05, 0.1) is 12.2 Å². The number of hydrogen-bond donors (Lipinski definition) is 0. The molecule has 1 saturated carbocycles. The van der Waals surface area contributed by atoms with Crippen LogP contribution in [-0.2, 0) is 4.74 Å². The predicted octanol–water partition coefficient (Wildman–Crippen LogP) is 3.74. The standard InChI is InChI=1S/C17H30N2O/c1-2-3-4-13-20-17-9-11-19(12-10-17)16-7-5-15(14-18)6-8-16/h15-17H,2-13H2,1H3. The van der Waals surface area contributed by atoms with Gasteiger partial charge in [0.1, 0.15) is 0 Å². The molecule has 0 atom stereocenters. The lowest BCUT2D eigenvalue weighted by molar-refractivity contribution is -0.00805. The Bertz CT molecular complexity index is 297. The molecule has 2 rings (SSSR count). The van der Waals surface area contributed by atoms with Crippen molar-refractivity contribution in [2.45, 2.75) is 76.9 Å². The molecule has 0 aromatic heterocycles. The number of hydrogen-bond acceptors (Lipinski definition) is 3. The highest BCUT2D eigenvalue weighted by Crippen LogP contribution is 2.29. The van der Waals surface area contributed by atoms with Gasteiger partial charge in [-0.3, -0.25) is 0 Å². The fraction of sp³-hybridized carbons (Fsp3) is 0.941. The van der Waals surface area contributed by atoms with Gasteiger partial charge in [0.25, 0.3) is 0 Å². The molecule has 0 N–H and O–H groups in total. The molecule has 0 bridgehead atoms. The molecule has 0 unspecified atom stereocenters. The molecule has 1 aliphatic carbocycles. The van der Waals surface area contributed by atoms with Crippen LogP contribution in [0.1, 0.15) is 64.7 Å². The number of likely N-dealkylation sites (tertiary alicyclic amines) is 1. The summed E-state index contributed by atoms with van der Waals surface area (Å²) in [6.07, 6.45) is 11.3. The number of nitrogens with zero attached hydrogens (tertiary/aromatic N) is 2. The van der Waals surface area contributed by atoms with Crippen molar-refractivity contribution in [1.82, 2.24) is 4.90 Å². The third-order valence-electron chi connectivity index (χ3n) is 4.97. The monoisotopic (exact) mass is 278 g/mol. The van der Waals surface area contributed by atoms with Gasteiger partial charge in [-0.2, -0.15) is 5.26 Å². The zero-order chi connectivity index (χ0) is 14.2. The van der Waals surface area contributed by atoms with Crippen molar-refractivity contribution >= 4 is 0 Å². The molecule has 0 amide bonds. The van der Waals surface area contributed by atoms with E-state index < -0.39 is 0 Å². The Kier molecular flexibility index (Phi) is 6.82. The van der Waals surface area contributed by atoms with Gasteiger partial charge < -0.3 is 9.64 Å². The Balaban J connectivity index is 1.61. The van der Waals surface area contributed by atoms with Crippen LogP contribution in [-0.4, -0.2) is 36.7 Å². The molecule has 3 nitrogen and oxygen atoms in total. The minimum Gasteiger partial charge on any atom is -0.378 e. The first kappa shape index (κ1) is 15.8. The molecule has 0 aromatic rings. The molecule has 1 heterocycles. The second kappa shape index (κ2) is 8.64. The molecule has 114 valence electrons. The summed E-state index contributed by atoms with van der Waals surface area (Å²) in [5, 5.41) is 8.96. The third kappa shape index (κ3) is 4.75. The van der Waals surface area contributed by atoms with Crippen molar-refractivity contribution in [1.29, 1.82) is 5.26 Å². The fourth-order valence-electron chi connectivity index (χ4n) is 3.58. The van der Waals surface area contributed by atoms with Crippen LogP contribution in [0, 0.1) is 17.2 Å². The Morgan fingerprint density at radius 3 is 2.35 bits per heavy atom. The SMILES string of the molecule is CCCCCOC1CCN(C2CCC(C#N)CC2)CC1. The van der Waals surface area contributed by atoms with Gasteiger partial charge in [0, 0.05) is 31.7 Å². The van der Waals surface area contributed by atoms with Gasteiger partial charge in [-0.25, -0.2) is 0 Å². The van der Waals surface area contributed by atoms with Crippen LogP contribution in [0.2, 0.25) is 0 Å². The number of rotatable bonds is 6. The number of unbranched alkanes of at least 4 members (excludes halogenated alkanes) is 2. The Hall–Kier alpha value is -0.590. The topological polar surface area (TPSA) is 36.3 Å². The highest BCUT2D eigenvalue weighted by molar-refractivity contribution is 4.90. The molecule has 0 radical (unpaired) electrons. The van der Waals surface area contributed by atoms with Crippen LogP contribution in [0.25, 0.3) is 0 Å². The summed E-state index contributed by atoms with van der Waals surface area (Å²) < 4.78 is 5.99.